The number of carboxylic acids is 1. The summed E-state index contributed by atoms with van der Waals surface area (Å²) in [5.74, 6) is -2.94. The molecule has 0 aliphatic heterocycles. The minimum Gasteiger partial charge on any atom is -0.478 e. The number of hydrogen-bond acceptors (Lipinski definition) is 2. The van der Waals surface area contributed by atoms with E-state index in [-0.39, 0.29) is 0 Å². The molecule has 0 saturated carbocycles. The first-order valence-electron chi connectivity index (χ1n) is 3.31. The second-order valence-electron chi connectivity index (χ2n) is 2.30. The van der Waals surface area contributed by atoms with Crippen LogP contribution in [0.4, 0.5) is 13.2 Å². The Hall–Kier alpha value is -1.30. The molecule has 1 heterocycles. The fraction of sp³-hybridized carbons (Fsp3) is 0.143. The average Bonchev–Trinajstić information content (AvgIpc) is 2.08. The fourth-order valence-electron chi connectivity index (χ4n) is 0.817. The Morgan fingerprint density at radius 1 is 1.57 bits per heavy atom. The first-order chi connectivity index (χ1) is 6.43. The number of alkyl halides is 2. The van der Waals surface area contributed by atoms with Gasteiger partial charge < -0.3 is 5.11 Å². The summed E-state index contributed by atoms with van der Waals surface area (Å²) in [4.78, 5) is 13.2. The zero-order valence-electron chi connectivity index (χ0n) is 6.47. The van der Waals surface area contributed by atoms with Crippen LogP contribution in [0, 0.1) is 5.95 Å². The van der Waals surface area contributed by atoms with Crippen LogP contribution in [0.3, 0.4) is 0 Å². The molecule has 1 aromatic heterocycles. The number of nitrogens with zero attached hydrogens (tertiary/aromatic N) is 1. The van der Waals surface area contributed by atoms with Gasteiger partial charge in [0.1, 0.15) is 5.69 Å². The third-order valence-electron chi connectivity index (χ3n) is 1.40. The molecule has 0 spiro atoms. The van der Waals surface area contributed by atoms with Crippen molar-refractivity contribution < 1.29 is 23.1 Å². The van der Waals surface area contributed by atoms with Crippen LogP contribution >= 0.6 is 11.6 Å². The van der Waals surface area contributed by atoms with Gasteiger partial charge in [-0.2, -0.15) is 4.39 Å². The Kier molecular flexibility index (Phi) is 2.95. The van der Waals surface area contributed by atoms with Crippen molar-refractivity contribution in [1.29, 1.82) is 0 Å². The van der Waals surface area contributed by atoms with Crippen molar-refractivity contribution in [2.75, 3.05) is 0 Å². The fourth-order valence-corrected chi connectivity index (χ4v) is 0.969. The SMILES string of the molecule is O=C(O)c1cc(Cl)c(F)nc1C(F)F. The molecule has 3 nitrogen and oxygen atoms in total. The molecule has 0 radical (unpaired) electrons. The van der Waals surface area contributed by atoms with Crippen LogP contribution in [0.5, 0.6) is 0 Å². The molecule has 0 saturated heterocycles. The largest absolute Gasteiger partial charge is 0.478 e. The van der Waals surface area contributed by atoms with Gasteiger partial charge in [-0.25, -0.2) is 18.6 Å². The lowest BCUT2D eigenvalue weighted by Gasteiger charge is -2.04. The molecule has 1 rings (SSSR count). The highest BCUT2D eigenvalue weighted by Crippen LogP contribution is 2.24. The quantitative estimate of drug-likeness (QED) is 0.787. The first-order valence-corrected chi connectivity index (χ1v) is 3.68. The van der Waals surface area contributed by atoms with Crippen LogP contribution in [-0.2, 0) is 0 Å². The standard InChI is InChI=1S/C7H3ClF3NO2/c8-3-1-2(7(13)14)4(5(9)10)12-6(3)11/h1,5H,(H,13,14). The van der Waals surface area contributed by atoms with Crippen LogP contribution in [-0.4, -0.2) is 16.1 Å². The van der Waals surface area contributed by atoms with E-state index in [4.69, 9.17) is 16.7 Å². The minimum absolute atomic E-state index is 0.605. The van der Waals surface area contributed by atoms with Crippen molar-refractivity contribution in [3.8, 4) is 0 Å². The highest BCUT2D eigenvalue weighted by Gasteiger charge is 2.22. The number of hydrogen-bond donors (Lipinski definition) is 1. The Balaban J connectivity index is 3.39. The van der Waals surface area contributed by atoms with Crippen LogP contribution in [0.15, 0.2) is 6.07 Å². The van der Waals surface area contributed by atoms with Crippen molar-refractivity contribution in [3.05, 3.63) is 28.3 Å². The highest BCUT2D eigenvalue weighted by atomic mass is 35.5. The molecular formula is C7H3ClF3NO2. The van der Waals surface area contributed by atoms with E-state index < -0.39 is 34.6 Å². The first kappa shape index (κ1) is 10.8. The second-order valence-corrected chi connectivity index (χ2v) is 2.71. The second kappa shape index (κ2) is 3.83. The van der Waals surface area contributed by atoms with E-state index in [9.17, 15) is 18.0 Å². The highest BCUT2D eigenvalue weighted by molar-refractivity contribution is 6.30. The van der Waals surface area contributed by atoms with Crippen molar-refractivity contribution in [3.63, 3.8) is 0 Å². The van der Waals surface area contributed by atoms with E-state index in [1.54, 1.807) is 0 Å². The molecule has 0 aromatic carbocycles. The third-order valence-corrected chi connectivity index (χ3v) is 1.66. The number of aromatic carboxylic acids is 1. The summed E-state index contributed by atoms with van der Waals surface area (Å²) in [6, 6.07) is 0.605. The number of carbonyl (C=O) groups is 1. The Bertz CT molecular complexity index is 383. The van der Waals surface area contributed by atoms with Crippen molar-refractivity contribution in [2.24, 2.45) is 0 Å². The lowest BCUT2D eigenvalue weighted by molar-refractivity contribution is 0.0681. The van der Waals surface area contributed by atoms with Gasteiger partial charge in [0.25, 0.3) is 6.43 Å². The van der Waals surface area contributed by atoms with Gasteiger partial charge >= 0.3 is 5.97 Å². The molecule has 1 N–H and O–H groups in total. The summed E-state index contributed by atoms with van der Waals surface area (Å²) in [6.45, 7) is 0. The molecule has 7 heteroatoms. The maximum absolute atomic E-state index is 12.6. The normalized spacial score (nSPS) is 10.6. The van der Waals surface area contributed by atoms with Gasteiger partial charge in [0.05, 0.1) is 10.6 Å². The summed E-state index contributed by atoms with van der Waals surface area (Å²) in [5.41, 5.74) is -1.93. The van der Waals surface area contributed by atoms with E-state index >= 15 is 0 Å². The topological polar surface area (TPSA) is 50.2 Å². The van der Waals surface area contributed by atoms with Gasteiger partial charge in [0, 0.05) is 0 Å². The molecule has 14 heavy (non-hydrogen) atoms. The number of carboxylic acid groups (broad SMARTS) is 1. The number of aromatic nitrogens is 1. The summed E-state index contributed by atoms with van der Waals surface area (Å²) in [7, 11) is 0. The monoisotopic (exact) mass is 225 g/mol. The van der Waals surface area contributed by atoms with Crippen molar-refractivity contribution in [1.82, 2.24) is 4.98 Å². The summed E-state index contributed by atoms with van der Waals surface area (Å²) in [6.07, 6.45) is -3.16. The molecule has 1 aromatic rings. The molecule has 0 atom stereocenters. The van der Waals surface area contributed by atoms with Crippen LogP contribution < -0.4 is 0 Å². The van der Waals surface area contributed by atoms with Crippen molar-refractivity contribution in [2.45, 2.75) is 6.43 Å². The Labute approximate surface area is 81.1 Å². The third kappa shape index (κ3) is 1.95. The molecule has 0 fully saturated rings. The lowest BCUT2D eigenvalue weighted by Crippen LogP contribution is -2.07. The van der Waals surface area contributed by atoms with E-state index in [2.05, 4.69) is 4.98 Å². The molecule has 76 valence electrons. The Morgan fingerprint density at radius 3 is 2.57 bits per heavy atom. The van der Waals surface area contributed by atoms with E-state index in [0.717, 1.165) is 0 Å². The summed E-state index contributed by atoms with van der Waals surface area (Å²) < 4.78 is 36.9. The van der Waals surface area contributed by atoms with E-state index in [1.807, 2.05) is 0 Å². The lowest BCUT2D eigenvalue weighted by atomic mass is 10.2. The molecule has 0 aliphatic carbocycles. The van der Waals surface area contributed by atoms with Gasteiger partial charge in [-0.1, -0.05) is 11.6 Å². The minimum atomic E-state index is -3.16. The van der Waals surface area contributed by atoms with Crippen LogP contribution in [0.2, 0.25) is 5.02 Å². The van der Waals surface area contributed by atoms with Gasteiger partial charge in [0.15, 0.2) is 0 Å². The molecule has 0 amide bonds. The zero-order valence-corrected chi connectivity index (χ0v) is 7.23. The maximum atomic E-state index is 12.6. The van der Waals surface area contributed by atoms with E-state index in [1.165, 1.54) is 0 Å². The Morgan fingerprint density at radius 2 is 2.14 bits per heavy atom. The van der Waals surface area contributed by atoms with Gasteiger partial charge in [-0.3, -0.25) is 0 Å². The van der Waals surface area contributed by atoms with Crippen LogP contribution in [0.25, 0.3) is 0 Å². The summed E-state index contributed by atoms with van der Waals surface area (Å²) in [5, 5.41) is 7.87. The van der Waals surface area contributed by atoms with Gasteiger partial charge in [0.2, 0.25) is 5.95 Å². The van der Waals surface area contributed by atoms with Gasteiger partial charge in [-0.05, 0) is 6.07 Å². The number of halogens is 4. The van der Waals surface area contributed by atoms with Crippen LogP contribution in [0.1, 0.15) is 22.5 Å². The maximum Gasteiger partial charge on any atom is 0.337 e. The average molecular weight is 226 g/mol. The molecule has 0 bridgehead atoms. The zero-order chi connectivity index (χ0) is 10.9. The smallest absolute Gasteiger partial charge is 0.337 e. The number of pyridine rings is 1. The van der Waals surface area contributed by atoms with E-state index in [0.29, 0.717) is 6.07 Å². The van der Waals surface area contributed by atoms with Gasteiger partial charge in [-0.15, -0.1) is 0 Å². The predicted molar refractivity (Wildman–Crippen MR) is 41.1 cm³/mol. The summed E-state index contributed by atoms with van der Waals surface area (Å²) >= 11 is 5.19. The number of rotatable bonds is 2. The molecule has 0 unspecified atom stereocenters. The predicted octanol–water partition coefficient (Wildman–Crippen LogP) is 2.51. The molecule has 0 aliphatic rings. The van der Waals surface area contributed by atoms with Crippen molar-refractivity contribution >= 4 is 17.6 Å². The molecular weight excluding hydrogens is 223 g/mol.